The molecule has 0 aliphatic heterocycles. The maximum Gasteiger partial charge on any atom is 0.123 e. The summed E-state index contributed by atoms with van der Waals surface area (Å²) in [7, 11) is 1.55. The van der Waals surface area contributed by atoms with Crippen LogP contribution in [0.15, 0.2) is 24.3 Å². The Labute approximate surface area is 96.1 Å². The summed E-state index contributed by atoms with van der Waals surface area (Å²) in [6, 6.07) is 5.98. The van der Waals surface area contributed by atoms with Crippen molar-refractivity contribution in [1.82, 2.24) is 0 Å². The lowest BCUT2D eigenvalue weighted by Crippen LogP contribution is -2.34. The second-order valence-electron chi connectivity index (χ2n) is 5.02. The van der Waals surface area contributed by atoms with Crippen LogP contribution in [0, 0.1) is 11.2 Å². The minimum atomic E-state index is -0.819. The van der Waals surface area contributed by atoms with Crippen molar-refractivity contribution in [3.63, 3.8) is 0 Å². The zero-order chi connectivity index (χ0) is 12.3. The van der Waals surface area contributed by atoms with Gasteiger partial charge in [0.05, 0.1) is 6.10 Å². The Morgan fingerprint density at radius 2 is 1.94 bits per heavy atom. The average molecular weight is 226 g/mol. The average Bonchev–Trinajstić information content (AvgIpc) is 2.16. The number of rotatable bonds is 3. The molecule has 0 aliphatic carbocycles. The highest BCUT2D eigenvalue weighted by atomic mass is 19.1. The number of halogens is 1. The highest BCUT2D eigenvalue weighted by Gasteiger charge is 2.32. The van der Waals surface area contributed by atoms with Crippen molar-refractivity contribution >= 4 is 0 Å². The molecule has 0 saturated heterocycles. The number of methoxy groups -OCH3 is 1. The number of aliphatic hydroxyl groups excluding tert-OH is 1. The number of hydrogen-bond acceptors (Lipinski definition) is 2. The van der Waals surface area contributed by atoms with Crippen molar-refractivity contribution in [2.75, 3.05) is 7.11 Å². The summed E-state index contributed by atoms with van der Waals surface area (Å²) in [5, 5.41) is 10.1. The molecular formula is C13H19FO2. The van der Waals surface area contributed by atoms with Crippen LogP contribution in [0.4, 0.5) is 4.39 Å². The van der Waals surface area contributed by atoms with Crippen molar-refractivity contribution < 1.29 is 14.2 Å². The Hall–Kier alpha value is -0.930. The Morgan fingerprint density at radius 1 is 1.31 bits per heavy atom. The molecule has 1 aromatic rings. The molecule has 1 N–H and O–H groups in total. The zero-order valence-corrected chi connectivity index (χ0v) is 10.2. The first kappa shape index (κ1) is 13.1. The Kier molecular flexibility index (Phi) is 4.05. The van der Waals surface area contributed by atoms with Gasteiger partial charge in [0.25, 0.3) is 0 Å². The van der Waals surface area contributed by atoms with E-state index in [2.05, 4.69) is 0 Å². The van der Waals surface area contributed by atoms with E-state index in [1.54, 1.807) is 19.2 Å². The van der Waals surface area contributed by atoms with E-state index in [0.29, 0.717) is 5.56 Å². The van der Waals surface area contributed by atoms with Gasteiger partial charge in [-0.25, -0.2) is 4.39 Å². The van der Waals surface area contributed by atoms with E-state index in [4.69, 9.17) is 4.74 Å². The van der Waals surface area contributed by atoms with Crippen LogP contribution in [0.25, 0.3) is 0 Å². The number of aliphatic hydroxyl groups is 1. The smallest absolute Gasteiger partial charge is 0.123 e. The highest BCUT2D eigenvalue weighted by molar-refractivity contribution is 5.20. The Balaban J connectivity index is 2.96. The van der Waals surface area contributed by atoms with E-state index in [9.17, 15) is 9.50 Å². The lowest BCUT2D eigenvalue weighted by Gasteiger charge is -2.33. The van der Waals surface area contributed by atoms with Crippen molar-refractivity contribution in [1.29, 1.82) is 0 Å². The summed E-state index contributed by atoms with van der Waals surface area (Å²) in [5.41, 5.74) is 0.335. The van der Waals surface area contributed by atoms with Crippen LogP contribution in [-0.4, -0.2) is 18.3 Å². The van der Waals surface area contributed by atoms with Crippen LogP contribution < -0.4 is 0 Å². The standard InChI is InChI=1S/C13H19FO2/c1-13(2,3)12(16-4)11(15)9-6-5-7-10(14)8-9/h5-8,11-12,15H,1-4H3. The second kappa shape index (κ2) is 4.93. The van der Waals surface area contributed by atoms with E-state index in [-0.39, 0.29) is 17.3 Å². The van der Waals surface area contributed by atoms with E-state index < -0.39 is 6.10 Å². The molecular weight excluding hydrogens is 207 g/mol. The topological polar surface area (TPSA) is 29.5 Å². The molecule has 0 aliphatic rings. The summed E-state index contributed by atoms with van der Waals surface area (Å²) in [5.74, 6) is -0.347. The summed E-state index contributed by atoms with van der Waals surface area (Å²) in [4.78, 5) is 0. The minimum Gasteiger partial charge on any atom is -0.386 e. The maximum absolute atomic E-state index is 13.0. The molecule has 2 unspecified atom stereocenters. The lowest BCUT2D eigenvalue weighted by molar-refractivity contribution is -0.0725. The third-order valence-electron chi connectivity index (χ3n) is 2.58. The van der Waals surface area contributed by atoms with Crippen LogP contribution in [0.3, 0.4) is 0 Å². The minimum absolute atomic E-state index is 0.208. The van der Waals surface area contributed by atoms with Crippen molar-refractivity contribution in [3.8, 4) is 0 Å². The quantitative estimate of drug-likeness (QED) is 0.858. The van der Waals surface area contributed by atoms with E-state index in [1.807, 2.05) is 20.8 Å². The summed E-state index contributed by atoms with van der Waals surface area (Å²) in [6.45, 7) is 5.93. The second-order valence-corrected chi connectivity index (χ2v) is 5.02. The van der Waals surface area contributed by atoms with Gasteiger partial charge in [0, 0.05) is 7.11 Å². The molecule has 16 heavy (non-hydrogen) atoms. The van der Waals surface area contributed by atoms with Crippen LogP contribution in [0.5, 0.6) is 0 Å². The van der Waals surface area contributed by atoms with Gasteiger partial charge >= 0.3 is 0 Å². The van der Waals surface area contributed by atoms with Gasteiger partial charge in [-0.3, -0.25) is 0 Å². The molecule has 0 aromatic heterocycles. The van der Waals surface area contributed by atoms with Crippen molar-refractivity contribution in [2.24, 2.45) is 5.41 Å². The van der Waals surface area contributed by atoms with Gasteiger partial charge in [-0.2, -0.15) is 0 Å². The SMILES string of the molecule is COC(C(O)c1cccc(F)c1)C(C)(C)C. The number of ether oxygens (including phenoxy) is 1. The molecule has 0 bridgehead atoms. The third kappa shape index (κ3) is 3.03. The third-order valence-corrected chi connectivity index (χ3v) is 2.58. The van der Waals surface area contributed by atoms with Gasteiger partial charge in [-0.15, -0.1) is 0 Å². The molecule has 0 saturated carbocycles. The van der Waals surface area contributed by atoms with Crippen molar-refractivity contribution in [3.05, 3.63) is 35.6 Å². The number of benzene rings is 1. The summed E-state index contributed by atoms with van der Waals surface area (Å²) < 4.78 is 18.3. The Bertz CT molecular complexity index is 344. The lowest BCUT2D eigenvalue weighted by atomic mass is 9.83. The monoisotopic (exact) mass is 226 g/mol. The molecule has 1 aromatic carbocycles. The van der Waals surface area contributed by atoms with E-state index in [0.717, 1.165) is 0 Å². The molecule has 3 heteroatoms. The summed E-state index contributed by atoms with van der Waals surface area (Å²) in [6.07, 6.45) is -1.19. The van der Waals surface area contributed by atoms with Crippen molar-refractivity contribution in [2.45, 2.75) is 33.0 Å². The van der Waals surface area contributed by atoms with Gasteiger partial charge in [0.15, 0.2) is 0 Å². The van der Waals surface area contributed by atoms with Gasteiger partial charge in [0.2, 0.25) is 0 Å². The van der Waals surface area contributed by atoms with Gasteiger partial charge in [-0.1, -0.05) is 32.9 Å². The van der Waals surface area contributed by atoms with Crippen LogP contribution >= 0.6 is 0 Å². The molecule has 1 rings (SSSR count). The van der Waals surface area contributed by atoms with E-state index >= 15 is 0 Å². The molecule has 2 nitrogen and oxygen atoms in total. The predicted octanol–water partition coefficient (Wildman–Crippen LogP) is 2.92. The largest absolute Gasteiger partial charge is 0.386 e. The van der Waals surface area contributed by atoms with Gasteiger partial charge in [-0.05, 0) is 23.1 Å². The molecule has 2 atom stereocenters. The van der Waals surface area contributed by atoms with E-state index in [1.165, 1.54) is 12.1 Å². The normalized spacial score (nSPS) is 15.9. The molecule has 0 spiro atoms. The fraction of sp³-hybridized carbons (Fsp3) is 0.538. The first-order chi connectivity index (χ1) is 7.36. The first-order valence-electron chi connectivity index (χ1n) is 5.32. The Morgan fingerprint density at radius 3 is 2.38 bits per heavy atom. The molecule has 90 valence electrons. The molecule has 0 radical (unpaired) electrons. The first-order valence-corrected chi connectivity index (χ1v) is 5.32. The predicted molar refractivity (Wildman–Crippen MR) is 61.6 cm³/mol. The highest BCUT2D eigenvalue weighted by Crippen LogP contribution is 2.32. The summed E-state index contributed by atoms with van der Waals surface area (Å²) >= 11 is 0. The van der Waals surface area contributed by atoms with Crippen LogP contribution in [0.2, 0.25) is 0 Å². The fourth-order valence-corrected chi connectivity index (χ4v) is 1.82. The maximum atomic E-state index is 13.0. The van der Waals surface area contributed by atoms with Gasteiger partial charge in [0.1, 0.15) is 11.9 Å². The van der Waals surface area contributed by atoms with Crippen LogP contribution in [0.1, 0.15) is 32.4 Å². The molecule has 0 amide bonds. The van der Waals surface area contributed by atoms with Crippen LogP contribution in [-0.2, 0) is 4.74 Å². The van der Waals surface area contributed by atoms with Gasteiger partial charge < -0.3 is 9.84 Å². The molecule has 0 fully saturated rings. The molecule has 0 heterocycles. The fourth-order valence-electron chi connectivity index (χ4n) is 1.82. The number of hydrogen-bond donors (Lipinski definition) is 1. The zero-order valence-electron chi connectivity index (χ0n) is 10.2.